The molecule has 2 aromatic carbocycles. The standard InChI is InChI=1S/C16H14N4OS/c1-21-13-9-7-12(8-10-13)15-19-20-14(17-18-16(20)22-15)11-5-3-2-4-6-11/h2-10,15,19H,1H3/t15-/m1/s1. The van der Waals surface area contributed by atoms with E-state index in [-0.39, 0.29) is 5.37 Å². The third-order valence-electron chi connectivity index (χ3n) is 3.55. The zero-order chi connectivity index (χ0) is 14.9. The van der Waals surface area contributed by atoms with E-state index in [0.717, 1.165) is 22.3 Å². The van der Waals surface area contributed by atoms with Gasteiger partial charge in [0.15, 0.2) is 5.82 Å². The Hall–Kier alpha value is -2.47. The number of nitrogens with one attached hydrogen (secondary N) is 1. The van der Waals surface area contributed by atoms with E-state index in [1.54, 1.807) is 18.9 Å². The minimum Gasteiger partial charge on any atom is -0.497 e. The molecule has 1 aliphatic heterocycles. The van der Waals surface area contributed by atoms with Crippen LogP contribution in [0.1, 0.15) is 10.9 Å². The van der Waals surface area contributed by atoms with Gasteiger partial charge in [0, 0.05) is 5.56 Å². The first-order valence-electron chi connectivity index (χ1n) is 6.93. The van der Waals surface area contributed by atoms with Gasteiger partial charge in [-0.05, 0) is 17.7 Å². The molecule has 0 bridgehead atoms. The average molecular weight is 310 g/mol. The minimum absolute atomic E-state index is 0.124. The largest absolute Gasteiger partial charge is 0.497 e. The van der Waals surface area contributed by atoms with Crippen molar-refractivity contribution in [3.8, 4) is 17.1 Å². The lowest BCUT2D eigenvalue weighted by Gasteiger charge is -2.12. The highest BCUT2D eigenvalue weighted by molar-refractivity contribution is 7.99. The van der Waals surface area contributed by atoms with Gasteiger partial charge >= 0.3 is 0 Å². The van der Waals surface area contributed by atoms with Crippen molar-refractivity contribution in [2.75, 3.05) is 12.5 Å². The van der Waals surface area contributed by atoms with Gasteiger partial charge in [-0.25, -0.2) is 4.68 Å². The van der Waals surface area contributed by atoms with Crippen molar-refractivity contribution >= 4 is 11.8 Å². The molecule has 1 N–H and O–H groups in total. The molecule has 1 aromatic heterocycles. The van der Waals surface area contributed by atoms with Crippen LogP contribution in [0.3, 0.4) is 0 Å². The molecular formula is C16H14N4OS. The molecule has 6 heteroatoms. The maximum atomic E-state index is 5.20. The Morgan fingerprint density at radius 3 is 2.55 bits per heavy atom. The Balaban J connectivity index is 1.62. The number of hydrogen-bond acceptors (Lipinski definition) is 5. The van der Waals surface area contributed by atoms with E-state index in [0.29, 0.717) is 0 Å². The Kier molecular flexibility index (Phi) is 3.23. The molecular weight excluding hydrogens is 296 g/mol. The summed E-state index contributed by atoms with van der Waals surface area (Å²) < 4.78 is 7.15. The number of benzene rings is 2. The summed E-state index contributed by atoms with van der Waals surface area (Å²) >= 11 is 1.66. The molecule has 0 amide bonds. The van der Waals surface area contributed by atoms with Crippen molar-refractivity contribution in [1.29, 1.82) is 0 Å². The first-order chi connectivity index (χ1) is 10.8. The Bertz CT molecular complexity index is 786. The van der Waals surface area contributed by atoms with Gasteiger partial charge in [-0.3, -0.25) is 0 Å². The fraction of sp³-hybridized carbons (Fsp3) is 0.125. The molecule has 110 valence electrons. The van der Waals surface area contributed by atoms with Gasteiger partial charge in [-0.15, -0.1) is 10.2 Å². The van der Waals surface area contributed by atoms with Crippen LogP contribution in [-0.2, 0) is 0 Å². The highest BCUT2D eigenvalue weighted by Crippen LogP contribution is 2.40. The van der Waals surface area contributed by atoms with Crippen molar-refractivity contribution < 1.29 is 4.74 Å². The highest BCUT2D eigenvalue weighted by Gasteiger charge is 2.27. The molecule has 0 saturated carbocycles. The van der Waals surface area contributed by atoms with Crippen molar-refractivity contribution in [3.63, 3.8) is 0 Å². The zero-order valence-corrected chi connectivity index (χ0v) is 12.7. The van der Waals surface area contributed by atoms with Crippen LogP contribution in [0.2, 0.25) is 0 Å². The van der Waals surface area contributed by atoms with Crippen LogP contribution in [0.15, 0.2) is 59.8 Å². The summed E-state index contributed by atoms with van der Waals surface area (Å²) in [6, 6.07) is 18.1. The van der Waals surface area contributed by atoms with Gasteiger partial charge in [0.2, 0.25) is 5.16 Å². The number of nitrogens with zero attached hydrogens (tertiary/aromatic N) is 3. The summed E-state index contributed by atoms with van der Waals surface area (Å²) in [5, 5.41) is 9.54. The van der Waals surface area contributed by atoms with Crippen LogP contribution in [-0.4, -0.2) is 22.0 Å². The monoisotopic (exact) mass is 310 g/mol. The molecule has 3 aromatic rings. The third kappa shape index (κ3) is 2.21. The molecule has 0 saturated heterocycles. The van der Waals surface area contributed by atoms with Crippen molar-refractivity contribution in [3.05, 3.63) is 60.2 Å². The van der Waals surface area contributed by atoms with Crippen molar-refractivity contribution in [1.82, 2.24) is 14.9 Å². The van der Waals surface area contributed by atoms with Crippen molar-refractivity contribution in [2.24, 2.45) is 0 Å². The molecule has 0 unspecified atom stereocenters. The lowest BCUT2D eigenvalue weighted by molar-refractivity contribution is 0.414. The van der Waals surface area contributed by atoms with Crippen molar-refractivity contribution in [2.45, 2.75) is 10.5 Å². The van der Waals surface area contributed by atoms with E-state index in [1.165, 1.54) is 5.56 Å². The molecule has 0 aliphatic carbocycles. The number of aromatic nitrogens is 3. The number of fused-ring (bicyclic) bond motifs is 1. The first-order valence-corrected chi connectivity index (χ1v) is 7.81. The molecule has 0 fully saturated rings. The molecule has 5 nitrogen and oxygen atoms in total. The van der Waals surface area contributed by atoms with E-state index in [9.17, 15) is 0 Å². The Morgan fingerprint density at radius 1 is 1.05 bits per heavy atom. The van der Waals surface area contributed by atoms with Crippen LogP contribution in [0.25, 0.3) is 11.4 Å². The zero-order valence-electron chi connectivity index (χ0n) is 11.9. The number of rotatable bonds is 3. The summed E-state index contributed by atoms with van der Waals surface area (Å²) in [6.45, 7) is 0. The maximum Gasteiger partial charge on any atom is 0.212 e. The fourth-order valence-electron chi connectivity index (χ4n) is 2.41. The Labute approximate surface area is 132 Å². The normalized spacial score (nSPS) is 16.1. The van der Waals surface area contributed by atoms with Gasteiger partial charge in [0.1, 0.15) is 11.1 Å². The van der Waals surface area contributed by atoms with Crippen LogP contribution in [0.4, 0.5) is 0 Å². The van der Waals surface area contributed by atoms with Crippen LogP contribution in [0, 0.1) is 0 Å². The number of thioether (sulfide) groups is 1. The maximum absolute atomic E-state index is 5.20. The second-order valence-electron chi connectivity index (χ2n) is 4.91. The van der Waals surface area contributed by atoms with Gasteiger partial charge < -0.3 is 10.2 Å². The first kappa shape index (κ1) is 13.2. The van der Waals surface area contributed by atoms with E-state index < -0.39 is 0 Å². The third-order valence-corrected chi connectivity index (χ3v) is 4.64. The van der Waals surface area contributed by atoms with E-state index in [4.69, 9.17) is 4.74 Å². The van der Waals surface area contributed by atoms with Crippen LogP contribution < -0.4 is 10.2 Å². The molecule has 0 radical (unpaired) electrons. The van der Waals surface area contributed by atoms with Crippen LogP contribution in [0.5, 0.6) is 5.75 Å². The molecule has 22 heavy (non-hydrogen) atoms. The van der Waals surface area contributed by atoms with Gasteiger partial charge in [-0.2, -0.15) is 0 Å². The fourth-order valence-corrected chi connectivity index (χ4v) is 3.40. The second-order valence-corrected chi connectivity index (χ2v) is 5.98. The quantitative estimate of drug-likeness (QED) is 0.804. The number of ether oxygens (including phenoxy) is 1. The SMILES string of the molecule is COc1ccc([C@@H]2Nn3c(nnc3-c3ccccc3)S2)cc1. The average Bonchev–Trinajstić information content (AvgIpc) is 3.16. The lowest BCUT2D eigenvalue weighted by Crippen LogP contribution is -2.13. The van der Waals surface area contributed by atoms with Crippen LogP contribution >= 0.6 is 11.8 Å². The molecule has 2 heterocycles. The summed E-state index contributed by atoms with van der Waals surface area (Å²) in [7, 11) is 1.67. The topological polar surface area (TPSA) is 52.0 Å². The molecule has 1 aliphatic rings. The van der Waals surface area contributed by atoms with Gasteiger partial charge in [0.25, 0.3) is 0 Å². The molecule has 1 atom stereocenters. The summed E-state index contributed by atoms with van der Waals surface area (Å²) in [5.74, 6) is 1.69. The smallest absolute Gasteiger partial charge is 0.212 e. The molecule has 0 spiro atoms. The van der Waals surface area contributed by atoms with E-state index in [1.807, 2.05) is 47.1 Å². The molecule has 4 rings (SSSR count). The van der Waals surface area contributed by atoms with Gasteiger partial charge in [-0.1, -0.05) is 54.2 Å². The summed E-state index contributed by atoms with van der Waals surface area (Å²) in [6.07, 6.45) is 0. The highest BCUT2D eigenvalue weighted by atomic mass is 32.2. The lowest BCUT2D eigenvalue weighted by atomic mass is 10.2. The van der Waals surface area contributed by atoms with E-state index in [2.05, 4.69) is 27.8 Å². The van der Waals surface area contributed by atoms with E-state index >= 15 is 0 Å². The Morgan fingerprint density at radius 2 is 1.82 bits per heavy atom. The minimum atomic E-state index is 0.124. The number of methoxy groups -OCH3 is 1. The number of hydrogen-bond donors (Lipinski definition) is 1. The predicted molar refractivity (Wildman–Crippen MR) is 86.4 cm³/mol. The predicted octanol–water partition coefficient (Wildman–Crippen LogP) is 3.30. The van der Waals surface area contributed by atoms with Gasteiger partial charge in [0.05, 0.1) is 7.11 Å². The summed E-state index contributed by atoms with van der Waals surface area (Å²) in [5.41, 5.74) is 5.67. The second kappa shape index (κ2) is 5.38. The summed E-state index contributed by atoms with van der Waals surface area (Å²) in [4.78, 5) is 0.